The van der Waals surface area contributed by atoms with Gasteiger partial charge >= 0.3 is 5.97 Å². The van der Waals surface area contributed by atoms with Crippen molar-refractivity contribution in [3.05, 3.63) is 76.5 Å². The van der Waals surface area contributed by atoms with Crippen LogP contribution >= 0.6 is 11.6 Å². The Morgan fingerprint density at radius 3 is 2.94 bits per heavy atom. The number of fused-ring (bicyclic) bond motifs is 3. The van der Waals surface area contributed by atoms with Crippen molar-refractivity contribution in [3.63, 3.8) is 0 Å². The van der Waals surface area contributed by atoms with Gasteiger partial charge in [-0.1, -0.05) is 29.8 Å². The number of carboxylic acids is 1. The first-order chi connectivity index (χ1) is 15.9. The first-order valence-electron chi connectivity index (χ1n) is 9.94. The fourth-order valence-corrected chi connectivity index (χ4v) is 4.34. The van der Waals surface area contributed by atoms with Crippen LogP contribution in [0.2, 0.25) is 5.02 Å². The molecule has 4 aromatic rings. The number of ether oxygens (including phenoxy) is 1. The van der Waals surface area contributed by atoms with Crippen molar-refractivity contribution in [1.82, 2.24) is 9.55 Å². The maximum absolute atomic E-state index is 15.0. The predicted molar refractivity (Wildman–Crippen MR) is 120 cm³/mol. The number of allylic oxidation sites excluding steroid dienone is 4. The second-order valence-electron chi connectivity index (χ2n) is 7.48. The molecule has 0 spiro atoms. The molecule has 3 heterocycles. The van der Waals surface area contributed by atoms with Crippen molar-refractivity contribution in [2.45, 2.75) is 13.0 Å². The average molecular weight is 467 g/mol. The molecule has 0 saturated carbocycles. The molecule has 0 bridgehead atoms. The molecule has 3 aromatic heterocycles. The second-order valence-corrected chi connectivity index (χ2v) is 7.89. The quantitative estimate of drug-likeness (QED) is 0.432. The van der Waals surface area contributed by atoms with Gasteiger partial charge in [-0.25, -0.2) is 14.2 Å². The highest BCUT2D eigenvalue weighted by Gasteiger charge is 2.31. The number of rotatable bonds is 5. The Balaban J connectivity index is 1.90. The van der Waals surface area contributed by atoms with E-state index in [1.165, 1.54) is 36.3 Å². The summed E-state index contributed by atoms with van der Waals surface area (Å²) >= 11 is 6.33. The molecule has 0 aliphatic heterocycles. The number of benzene rings is 1. The van der Waals surface area contributed by atoms with E-state index in [2.05, 4.69) is 4.98 Å². The lowest BCUT2D eigenvalue weighted by Crippen LogP contribution is -2.14. The standard InChI is InChI=1S/C24H16ClFN2O5/c1-32-19-8-12(15(25)10-27-19)11-28-17-9-16(26)13-6-7-33-23(13)21(17)20(22(28)24(30)31)14-4-2-3-5-18(14)29/h2-4,6-10H,5,11H2,1H3,(H,30,31). The van der Waals surface area contributed by atoms with Crippen molar-refractivity contribution in [3.8, 4) is 5.88 Å². The maximum atomic E-state index is 15.0. The van der Waals surface area contributed by atoms with E-state index in [4.69, 9.17) is 20.8 Å². The van der Waals surface area contributed by atoms with Crippen molar-refractivity contribution in [2.24, 2.45) is 0 Å². The number of pyridine rings is 1. The summed E-state index contributed by atoms with van der Waals surface area (Å²) in [5.41, 5.74) is 1.18. The number of hydrogen-bond donors (Lipinski definition) is 1. The Bertz CT molecular complexity index is 1530. The second kappa shape index (κ2) is 7.90. The Labute approximate surface area is 191 Å². The van der Waals surface area contributed by atoms with Gasteiger partial charge in [-0.05, 0) is 17.7 Å². The van der Waals surface area contributed by atoms with E-state index in [9.17, 15) is 19.1 Å². The molecule has 1 aromatic carbocycles. The fourth-order valence-electron chi connectivity index (χ4n) is 4.18. The van der Waals surface area contributed by atoms with E-state index >= 15 is 0 Å². The maximum Gasteiger partial charge on any atom is 0.353 e. The highest BCUT2D eigenvalue weighted by atomic mass is 35.5. The first kappa shape index (κ1) is 21.0. The molecule has 1 N–H and O–H groups in total. The number of methoxy groups -OCH3 is 1. The van der Waals surface area contributed by atoms with Gasteiger partial charge in [-0.15, -0.1) is 0 Å². The zero-order valence-corrected chi connectivity index (χ0v) is 18.0. The van der Waals surface area contributed by atoms with Gasteiger partial charge in [-0.3, -0.25) is 4.79 Å². The highest BCUT2D eigenvalue weighted by molar-refractivity contribution is 6.31. The van der Waals surface area contributed by atoms with Crippen molar-refractivity contribution < 1.29 is 28.2 Å². The van der Waals surface area contributed by atoms with Crippen LogP contribution in [0, 0.1) is 5.82 Å². The zero-order chi connectivity index (χ0) is 23.3. The third-order valence-corrected chi connectivity index (χ3v) is 5.98. The van der Waals surface area contributed by atoms with Crippen LogP contribution in [0.15, 0.2) is 53.3 Å². The largest absolute Gasteiger partial charge is 0.481 e. The van der Waals surface area contributed by atoms with Gasteiger partial charge < -0.3 is 18.8 Å². The van der Waals surface area contributed by atoms with Gasteiger partial charge in [0.15, 0.2) is 5.78 Å². The molecule has 0 amide bonds. The van der Waals surface area contributed by atoms with E-state index in [0.29, 0.717) is 10.9 Å². The summed E-state index contributed by atoms with van der Waals surface area (Å²) in [5.74, 6) is -1.80. The van der Waals surface area contributed by atoms with Gasteiger partial charge in [0.1, 0.15) is 17.1 Å². The Morgan fingerprint density at radius 2 is 2.21 bits per heavy atom. The van der Waals surface area contributed by atoms with E-state index in [0.717, 1.165) is 0 Å². The van der Waals surface area contributed by atoms with Gasteiger partial charge in [-0.2, -0.15) is 0 Å². The predicted octanol–water partition coefficient (Wildman–Crippen LogP) is 5.24. The molecule has 0 saturated heterocycles. The van der Waals surface area contributed by atoms with Crippen molar-refractivity contribution in [2.75, 3.05) is 7.11 Å². The number of halogens is 2. The molecule has 5 rings (SSSR count). The molecular weight excluding hydrogens is 451 g/mol. The number of furan rings is 1. The minimum Gasteiger partial charge on any atom is -0.481 e. The lowest BCUT2D eigenvalue weighted by atomic mass is 9.93. The molecule has 0 radical (unpaired) electrons. The minimum atomic E-state index is -1.28. The third-order valence-electron chi connectivity index (χ3n) is 5.64. The van der Waals surface area contributed by atoms with Crippen LogP contribution in [0.4, 0.5) is 4.39 Å². The van der Waals surface area contributed by atoms with Gasteiger partial charge in [0.05, 0.1) is 41.2 Å². The van der Waals surface area contributed by atoms with Crippen LogP contribution in [0.1, 0.15) is 28.0 Å². The number of carbonyl (C=O) groups is 2. The van der Waals surface area contributed by atoms with Crippen molar-refractivity contribution in [1.29, 1.82) is 0 Å². The lowest BCUT2D eigenvalue weighted by molar-refractivity contribution is -0.113. The number of aromatic nitrogens is 2. The Kier molecular flexibility index (Phi) is 5.02. The molecule has 1 aliphatic rings. The molecule has 1 aliphatic carbocycles. The number of aromatic carboxylic acids is 1. The van der Waals surface area contributed by atoms with Crippen LogP contribution < -0.4 is 4.74 Å². The first-order valence-corrected chi connectivity index (χ1v) is 10.3. The van der Waals surface area contributed by atoms with Crippen LogP contribution in [0.3, 0.4) is 0 Å². The number of carbonyl (C=O) groups excluding carboxylic acids is 1. The molecule has 0 fully saturated rings. The third kappa shape index (κ3) is 3.30. The van der Waals surface area contributed by atoms with E-state index in [-0.39, 0.29) is 63.0 Å². The number of ketones is 1. The molecular formula is C24H16ClFN2O5. The normalized spacial score (nSPS) is 13.7. The van der Waals surface area contributed by atoms with E-state index in [1.54, 1.807) is 24.3 Å². The highest BCUT2D eigenvalue weighted by Crippen LogP contribution is 2.40. The lowest BCUT2D eigenvalue weighted by Gasteiger charge is -2.12. The summed E-state index contributed by atoms with van der Waals surface area (Å²) in [4.78, 5) is 29.4. The average Bonchev–Trinajstić information content (AvgIpc) is 3.39. The Hall–Kier alpha value is -3.91. The number of Topliss-reactive ketones (excluding diaryl/α,β-unsaturated/α-hetero) is 1. The van der Waals surface area contributed by atoms with E-state index < -0.39 is 11.8 Å². The molecule has 0 unspecified atom stereocenters. The molecule has 7 nitrogen and oxygen atoms in total. The summed E-state index contributed by atoms with van der Waals surface area (Å²) in [5, 5.41) is 11.1. The topological polar surface area (TPSA) is 94.6 Å². The molecule has 33 heavy (non-hydrogen) atoms. The number of carboxylic acid groups (broad SMARTS) is 1. The van der Waals surface area contributed by atoms with Crippen LogP contribution in [-0.4, -0.2) is 33.5 Å². The summed E-state index contributed by atoms with van der Waals surface area (Å²) in [7, 11) is 1.45. The fraction of sp³-hybridized carbons (Fsp3) is 0.125. The number of hydrogen-bond acceptors (Lipinski definition) is 5. The van der Waals surface area contributed by atoms with Gasteiger partial charge in [0, 0.05) is 29.8 Å². The van der Waals surface area contributed by atoms with Crippen molar-refractivity contribution >= 4 is 50.8 Å². The molecule has 9 heteroatoms. The Morgan fingerprint density at radius 1 is 1.39 bits per heavy atom. The summed E-state index contributed by atoms with van der Waals surface area (Å²) in [6.45, 7) is -0.0290. The zero-order valence-electron chi connectivity index (χ0n) is 17.3. The monoisotopic (exact) mass is 466 g/mol. The SMILES string of the molecule is COc1cc(Cn2c(C(=O)O)c(C3=CC=CCC3=O)c3c4occc4c(F)cc32)c(Cl)cn1. The number of nitrogens with zero attached hydrogens (tertiary/aromatic N) is 2. The molecule has 166 valence electrons. The van der Waals surface area contributed by atoms with E-state index in [1.807, 2.05) is 0 Å². The van der Waals surface area contributed by atoms with Crippen LogP contribution in [0.25, 0.3) is 27.4 Å². The van der Waals surface area contributed by atoms with Crippen LogP contribution in [-0.2, 0) is 11.3 Å². The van der Waals surface area contributed by atoms with Gasteiger partial charge in [0.2, 0.25) is 5.88 Å². The smallest absolute Gasteiger partial charge is 0.353 e. The summed E-state index contributed by atoms with van der Waals surface area (Å²) in [6.07, 6.45) is 7.81. The van der Waals surface area contributed by atoms with Gasteiger partial charge in [0.25, 0.3) is 0 Å². The summed E-state index contributed by atoms with van der Waals surface area (Å²) in [6, 6.07) is 4.29. The minimum absolute atomic E-state index is 0.0290. The van der Waals surface area contributed by atoms with Crippen LogP contribution in [0.5, 0.6) is 5.88 Å². The summed E-state index contributed by atoms with van der Waals surface area (Å²) < 4.78 is 27.1. The molecule has 0 atom stereocenters.